The molecule has 0 radical (unpaired) electrons. The first-order valence-corrected chi connectivity index (χ1v) is 2.00. The number of carbonyl (C=O) groups excluding carboxylic acids is 2. The molecule has 0 saturated heterocycles. The van der Waals surface area contributed by atoms with Crippen LogP contribution in [0.1, 0.15) is 0 Å². The molecule has 0 aromatic heterocycles. The smallest absolute Gasteiger partial charge is 0.652 e. The summed E-state index contributed by atoms with van der Waals surface area (Å²) in [4.78, 5) is 19.2. The van der Waals surface area contributed by atoms with Crippen molar-refractivity contribution in [2.45, 2.75) is 0 Å². The molecule has 0 unspecified atom stereocenters. The van der Waals surface area contributed by atoms with E-state index >= 15 is 0 Å². The Morgan fingerprint density at radius 3 is 1.50 bits per heavy atom. The van der Waals surface area contributed by atoms with E-state index in [2.05, 4.69) is 0 Å². The molecule has 6 heteroatoms. The fraction of sp³-hybridized carbons (Fsp3) is 0.500. The number of nitrogens with zero attached hydrogens (tertiary/aromatic N) is 1. The zero-order chi connectivity index (χ0) is 7.86. The van der Waals surface area contributed by atoms with E-state index in [0.717, 1.165) is 6.41 Å². The first-order chi connectivity index (χ1) is 4.00. The van der Waals surface area contributed by atoms with Crippen molar-refractivity contribution in [1.29, 1.82) is 0 Å². The van der Waals surface area contributed by atoms with E-state index in [-0.39, 0.29) is 37.7 Å². The number of carboxylic acid groups (broad SMARTS) is 2. The summed E-state index contributed by atoms with van der Waals surface area (Å²) in [6, 6.07) is 0. The molecule has 5 nitrogen and oxygen atoms in total. The Hall–Kier alpha value is -0.000260. The number of hydrogen-bond donors (Lipinski definition) is 0. The van der Waals surface area contributed by atoms with Crippen molar-refractivity contribution < 1.29 is 19.8 Å². The molecule has 0 N–H and O–H groups in total. The summed E-state index contributed by atoms with van der Waals surface area (Å²) in [5, 5.41) is 16.7. The Morgan fingerprint density at radius 2 is 1.50 bits per heavy atom. The number of carbonyl (C=O) groups is 2. The van der Waals surface area contributed by atoms with Crippen LogP contribution in [0.3, 0.4) is 0 Å². The van der Waals surface area contributed by atoms with E-state index in [0.29, 0.717) is 0 Å². The third kappa shape index (κ3) is 98.0. The van der Waals surface area contributed by atoms with Crippen LogP contribution in [0.2, 0.25) is 0 Å². The van der Waals surface area contributed by atoms with Gasteiger partial charge in [-0.25, -0.2) is 0 Å². The summed E-state index contributed by atoms with van der Waals surface area (Å²) in [5.74, 6) is 0. The van der Waals surface area contributed by atoms with Crippen molar-refractivity contribution in [2.24, 2.45) is 0 Å². The van der Waals surface area contributed by atoms with Gasteiger partial charge in [-0.2, -0.15) is 0 Å². The summed E-state index contributed by atoms with van der Waals surface area (Å²) in [7, 11) is 3.38. The SMILES string of the molecule is CN(C)C=O.O=C([O-])[O-].[Ca+2]. The largest absolute Gasteiger partial charge is 2.00 e. The second-order valence-electron chi connectivity index (χ2n) is 1.32. The van der Waals surface area contributed by atoms with Crippen LogP contribution in [0.15, 0.2) is 0 Å². The zero-order valence-corrected chi connectivity index (χ0v) is 8.07. The fourth-order valence-electron chi connectivity index (χ4n) is 0. The van der Waals surface area contributed by atoms with Gasteiger partial charge in [-0.1, -0.05) is 0 Å². The van der Waals surface area contributed by atoms with Gasteiger partial charge >= 0.3 is 37.7 Å². The van der Waals surface area contributed by atoms with Crippen molar-refractivity contribution in [2.75, 3.05) is 14.1 Å². The Labute approximate surface area is 88.6 Å². The van der Waals surface area contributed by atoms with Crippen LogP contribution in [0.4, 0.5) is 4.79 Å². The van der Waals surface area contributed by atoms with Gasteiger partial charge in [0.2, 0.25) is 6.41 Å². The zero-order valence-electron chi connectivity index (χ0n) is 5.86. The van der Waals surface area contributed by atoms with Gasteiger partial charge in [0, 0.05) is 14.1 Å². The van der Waals surface area contributed by atoms with Gasteiger partial charge in [0.25, 0.3) is 0 Å². The topological polar surface area (TPSA) is 83.5 Å². The van der Waals surface area contributed by atoms with Gasteiger partial charge in [0.1, 0.15) is 0 Å². The number of hydrogen-bond acceptors (Lipinski definition) is 4. The Balaban J connectivity index is -0.0000000910. The maximum absolute atomic E-state index is 9.43. The molecular weight excluding hydrogens is 166 g/mol. The van der Waals surface area contributed by atoms with Crippen LogP contribution < -0.4 is 10.2 Å². The monoisotopic (exact) mass is 173 g/mol. The molecule has 0 aromatic carbocycles. The molecule has 0 fully saturated rings. The molecule has 1 amide bonds. The first-order valence-electron chi connectivity index (χ1n) is 2.00. The maximum Gasteiger partial charge on any atom is 2.00 e. The van der Waals surface area contributed by atoms with Crippen molar-refractivity contribution in [1.82, 2.24) is 4.90 Å². The van der Waals surface area contributed by atoms with Gasteiger partial charge in [-0.3, -0.25) is 4.79 Å². The molecule has 0 rings (SSSR count). The molecule has 54 valence electrons. The van der Waals surface area contributed by atoms with E-state index in [1.807, 2.05) is 0 Å². The molecule has 0 bridgehead atoms. The molecule has 0 aliphatic rings. The number of rotatable bonds is 1. The summed E-state index contributed by atoms with van der Waals surface area (Å²) in [6.07, 6.45) is -1.58. The van der Waals surface area contributed by atoms with Crippen molar-refractivity contribution in [3.05, 3.63) is 0 Å². The molecular formula is C4H7CaNO4. The first kappa shape index (κ1) is 16.5. The average molecular weight is 173 g/mol. The second kappa shape index (κ2) is 11.8. The van der Waals surface area contributed by atoms with Crippen molar-refractivity contribution in [3.8, 4) is 0 Å². The fourth-order valence-corrected chi connectivity index (χ4v) is 0. The standard InChI is InChI=1S/C3H7NO.CH2O3.Ca/c1-4(2)3-5;2-1(3)4;/h3H,1-2H3;(H2,2,3,4);/q;;+2/p-2. The third-order valence-corrected chi connectivity index (χ3v) is 0.211. The molecule has 0 atom stereocenters. The Bertz CT molecular complexity index is 91.3. The summed E-state index contributed by atoms with van der Waals surface area (Å²) >= 11 is 0. The van der Waals surface area contributed by atoms with E-state index in [9.17, 15) is 4.79 Å². The van der Waals surface area contributed by atoms with E-state index in [1.165, 1.54) is 4.90 Å². The van der Waals surface area contributed by atoms with Crippen LogP contribution in [-0.2, 0) is 4.79 Å². The van der Waals surface area contributed by atoms with E-state index in [4.69, 9.17) is 15.0 Å². The minimum Gasteiger partial charge on any atom is -0.652 e. The van der Waals surface area contributed by atoms with Gasteiger partial charge in [-0.05, 0) is 6.16 Å². The summed E-state index contributed by atoms with van der Waals surface area (Å²) in [5.41, 5.74) is 0. The minimum absolute atomic E-state index is 0. The second-order valence-corrected chi connectivity index (χ2v) is 1.32. The molecule has 0 saturated carbocycles. The van der Waals surface area contributed by atoms with Gasteiger partial charge in [0.05, 0.1) is 0 Å². The van der Waals surface area contributed by atoms with Crippen molar-refractivity contribution >= 4 is 50.3 Å². The van der Waals surface area contributed by atoms with Gasteiger partial charge in [-0.15, -0.1) is 0 Å². The van der Waals surface area contributed by atoms with Crippen LogP contribution in [0, 0.1) is 0 Å². The van der Waals surface area contributed by atoms with Crippen molar-refractivity contribution in [3.63, 3.8) is 0 Å². The van der Waals surface area contributed by atoms with Crippen LogP contribution in [0.5, 0.6) is 0 Å². The number of amides is 1. The molecule has 0 aliphatic carbocycles. The summed E-state index contributed by atoms with van der Waals surface area (Å²) < 4.78 is 0. The van der Waals surface area contributed by atoms with Crippen LogP contribution in [0.25, 0.3) is 0 Å². The third-order valence-electron chi connectivity index (χ3n) is 0.211. The van der Waals surface area contributed by atoms with Gasteiger partial charge < -0.3 is 19.9 Å². The molecule has 0 aliphatic heterocycles. The molecule has 10 heavy (non-hydrogen) atoms. The predicted octanol–water partition coefficient (Wildman–Crippen LogP) is -3.12. The predicted molar refractivity (Wildman–Crippen MR) is 30.9 cm³/mol. The normalized spacial score (nSPS) is 5.80. The quantitative estimate of drug-likeness (QED) is 0.310. The average Bonchev–Trinajstić information content (AvgIpc) is 1.65. The Morgan fingerprint density at radius 1 is 1.40 bits per heavy atom. The van der Waals surface area contributed by atoms with Crippen LogP contribution >= 0.6 is 0 Å². The molecule has 0 aromatic rings. The van der Waals surface area contributed by atoms with E-state index in [1.54, 1.807) is 14.1 Å². The maximum atomic E-state index is 9.43. The van der Waals surface area contributed by atoms with Crippen LogP contribution in [-0.4, -0.2) is 69.3 Å². The molecule has 0 spiro atoms. The van der Waals surface area contributed by atoms with E-state index < -0.39 is 6.16 Å². The summed E-state index contributed by atoms with van der Waals surface area (Å²) in [6.45, 7) is 0. The molecule has 0 heterocycles. The van der Waals surface area contributed by atoms with Gasteiger partial charge in [0.15, 0.2) is 0 Å². The Kier molecular flexibility index (Phi) is 19.4. The minimum atomic E-state index is -2.33.